The monoisotopic (exact) mass is 204 g/mol. The molecule has 0 unspecified atom stereocenters. The van der Waals surface area contributed by atoms with Crippen molar-refractivity contribution >= 4 is 19.4 Å². The summed E-state index contributed by atoms with van der Waals surface area (Å²) in [4.78, 5) is 0. The molecule has 1 rings (SSSR count). The second kappa shape index (κ2) is 3.62. The normalized spacial score (nSPS) is 11.7. The summed E-state index contributed by atoms with van der Waals surface area (Å²) in [6.07, 6.45) is -4.22. The summed E-state index contributed by atoms with van der Waals surface area (Å²) >= 11 is 5.42. The first-order chi connectivity index (χ1) is 5.95. The van der Waals surface area contributed by atoms with Gasteiger partial charge in [0.05, 0.1) is 18.4 Å². The van der Waals surface area contributed by atoms with Crippen molar-refractivity contribution in [3.63, 3.8) is 0 Å². The molecule has 0 heterocycles. The van der Waals surface area contributed by atoms with Crippen molar-refractivity contribution in [1.82, 2.24) is 0 Å². The van der Waals surface area contributed by atoms with Crippen LogP contribution in [0, 0.1) is 0 Å². The van der Waals surface area contributed by atoms with E-state index in [-0.39, 0.29) is 11.3 Å². The van der Waals surface area contributed by atoms with E-state index in [1.807, 2.05) is 0 Å². The lowest BCUT2D eigenvalue weighted by molar-refractivity contribution is -0.137. The van der Waals surface area contributed by atoms with Crippen LogP contribution in [0.15, 0.2) is 18.2 Å². The lowest BCUT2D eigenvalue weighted by Gasteiger charge is -2.09. The fraction of sp³-hybridized carbons (Fsp3) is 0.250. The summed E-state index contributed by atoms with van der Waals surface area (Å²) in [5.74, 6) is 0. The van der Waals surface area contributed by atoms with Gasteiger partial charge in [0, 0.05) is 0 Å². The second-order valence-corrected chi connectivity index (χ2v) is 2.92. The molecule has 0 fully saturated rings. The van der Waals surface area contributed by atoms with E-state index >= 15 is 0 Å². The van der Waals surface area contributed by atoms with Crippen LogP contribution in [0.4, 0.5) is 13.2 Å². The Morgan fingerprint density at radius 1 is 1.31 bits per heavy atom. The first-order valence-corrected chi connectivity index (χ1v) is 3.88. The molecule has 2 radical (unpaired) electrons. The largest absolute Gasteiger partial charge is 0.417 e. The van der Waals surface area contributed by atoms with E-state index in [1.165, 1.54) is 12.1 Å². The number of rotatable bonds is 1. The topological polar surface area (TPSA) is 0 Å². The van der Waals surface area contributed by atoms with Gasteiger partial charge in [0.15, 0.2) is 0 Å². The molecule has 68 valence electrons. The summed E-state index contributed by atoms with van der Waals surface area (Å²) in [5, 5.41) is -0.310. The summed E-state index contributed by atoms with van der Waals surface area (Å²) in [5.41, 5.74) is -0.246. The van der Waals surface area contributed by atoms with Crippen molar-refractivity contribution in [2.45, 2.75) is 12.5 Å². The molecule has 1 aromatic carbocycles. The molecule has 0 aliphatic carbocycles. The molecule has 0 spiro atoms. The Hall–Kier alpha value is -0.635. The molecular weight excluding hydrogens is 199 g/mol. The highest BCUT2D eigenvalue weighted by atomic mass is 35.5. The van der Waals surface area contributed by atoms with Crippen molar-refractivity contribution in [2.24, 2.45) is 0 Å². The molecule has 0 atom stereocenters. The standard InChI is InChI=1S/C8H5BClF3/c9-4-5-1-2-6(7(10)3-5)8(11,12)13/h1-3H,4H2. The van der Waals surface area contributed by atoms with Crippen LogP contribution in [0.5, 0.6) is 0 Å². The molecule has 0 aromatic heterocycles. The smallest absolute Gasteiger partial charge is 0.166 e. The zero-order valence-electron chi connectivity index (χ0n) is 6.53. The highest BCUT2D eigenvalue weighted by Gasteiger charge is 2.32. The van der Waals surface area contributed by atoms with Gasteiger partial charge in [-0.25, -0.2) is 0 Å². The second-order valence-electron chi connectivity index (χ2n) is 2.52. The maximum atomic E-state index is 12.2. The highest BCUT2D eigenvalue weighted by Crippen LogP contribution is 2.34. The van der Waals surface area contributed by atoms with Crippen molar-refractivity contribution in [2.75, 3.05) is 0 Å². The van der Waals surface area contributed by atoms with E-state index in [4.69, 9.17) is 19.4 Å². The number of hydrogen-bond acceptors (Lipinski definition) is 0. The maximum Gasteiger partial charge on any atom is 0.417 e. The quantitative estimate of drug-likeness (QED) is 0.617. The van der Waals surface area contributed by atoms with Gasteiger partial charge in [0.1, 0.15) is 0 Å². The van der Waals surface area contributed by atoms with Gasteiger partial charge in [0.2, 0.25) is 0 Å². The summed E-state index contributed by atoms with van der Waals surface area (Å²) in [6, 6.07) is 3.48. The third-order valence-electron chi connectivity index (χ3n) is 1.57. The van der Waals surface area contributed by atoms with E-state index in [1.54, 1.807) is 0 Å². The van der Waals surface area contributed by atoms with Gasteiger partial charge < -0.3 is 0 Å². The fourth-order valence-corrected chi connectivity index (χ4v) is 1.23. The molecule has 0 saturated carbocycles. The minimum Gasteiger partial charge on any atom is -0.166 e. The summed E-state index contributed by atoms with van der Waals surface area (Å²) < 4.78 is 36.5. The Labute approximate surface area is 80.1 Å². The van der Waals surface area contributed by atoms with Gasteiger partial charge in [-0.05, 0) is 12.1 Å². The molecule has 13 heavy (non-hydrogen) atoms. The SMILES string of the molecule is [B]Cc1ccc(C(F)(F)F)c(Cl)c1. The van der Waals surface area contributed by atoms with Crippen molar-refractivity contribution in [1.29, 1.82) is 0 Å². The zero-order chi connectivity index (χ0) is 10.1. The predicted octanol–water partition coefficient (Wildman–Crippen LogP) is 3.03. The lowest BCUT2D eigenvalue weighted by atomic mass is 9.96. The molecule has 1 aromatic rings. The molecule has 0 nitrogen and oxygen atoms in total. The fourth-order valence-electron chi connectivity index (χ4n) is 0.915. The van der Waals surface area contributed by atoms with Crippen LogP contribution in [-0.4, -0.2) is 7.85 Å². The Balaban J connectivity index is 3.13. The lowest BCUT2D eigenvalue weighted by Crippen LogP contribution is -2.05. The van der Waals surface area contributed by atoms with Crippen molar-refractivity contribution in [3.05, 3.63) is 34.3 Å². The van der Waals surface area contributed by atoms with Crippen LogP contribution in [0.1, 0.15) is 11.1 Å². The van der Waals surface area contributed by atoms with Crippen molar-refractivity contribution < 1.29 is 13.2 Å². The highest BCUT2D eigenvalue weighted by molar-refractivity contribution is 6.31. The molecule has 0 saturated heterocycles. The molecule has 0 aliphatic heterocycles. The molecule has 5 heteroatoms. The Kier molecular flexibility index (Phi) is 2.91. The first kappa shape index (κ1) is 10.4. The number of benzene rings is 1. The molecule has 0 aliphatic rings. The average molecular weight is 204 g/mol. The van der Waals surface area contributed by atoms with Crippen LogP contribution in [0.2, 0.25) is 5.02 Å². The van der Waals surface area contributed by atoms with Gasteiger partial charge >= 0.3 is 6.18 Å². The van der Waals surface area contributed by atoms with Crippen molar-refractivity contribution in [3.8, 4) is 0 Å². The molecular formula is C8H5BClF3. The molecule has 0 bridgehead atoms. The van der Waals surface area contributed by atoms with Crippen LogP contribution in [0.3, 0.4) is 0 Å². The van der Waals surface area contributed by atoms with Gasteiger partial charge in [-0.2, -0.15) is 13.2 Å². The minimum absolute atomic E-state index is 0.178. The van der Waals surface area contributed by atoms with E-state index in [0.29, 0.717) is 5.56 Å². The maximum absolute atomic E-state index is 12.2. The van der Waals surface area contributed by atoms with E-state index < -0.39 is 11.7 Å². The van der Waals surface area contributed by atoms with Gasteiger partial charge in [-0.1, -0.05) is 29.6 Å². The van der Waals surface area contributed by atoms with Gasteiger partial charge in [-0.15, -0.1) is 0 Å². The minimum atomic E-state index is -4.40. The van der Waals surface area contributed by atoms with Gasteiger partial charge in [0.25, 0.3) is 0 Å². The Bertz CT molecular complexity index is 309. The first-order valence-electron chi connectivity index (χ1n) is 3.51. The third kappa shape index (κ3) is 2.40. The number of alkyl halides is 3. The van der Waals surface area contributed by atoms with Gasteiger partial charge in [-0.3, -0.25) is 0 Å². The summed E-state index contributed by atoms with van der Waals surface area (Å²) in [6.45, 7) is 0. The Morgan fingerprint density at radius 3 is 2.31 bits per heavy atom. The van der Waals surface area contributed by atoms with Crippen LogP contribution in [0.25, 0.3) is 0 Å². The number of hydrogen-bond donors (Lipinski definition) is 0. The van der Waals surface area contributed by atoms with Crippen LogP contribution in [-0.2, 0) is 12.5 Å². The van der Waals surface area contributed by atoms with E-state index in [0.717, 1.165) is 6.07 Å². The predicted molar refractivity (Wildman–Crippen MR) is 45.9 cm³/mol. The summed E-state index contributed by atoms with van der Waals surface area (Å²) in [7, 11) is 5.24. The van der Waals surface area contributed by atoms with E-state index in [9.17, 15) is 13.2 Å². The van der Waals surface area contributed by atoms with E-state index in [2.05, 4.69) is 0 Å². The zero-order valence-corrected chi connectivity index (χ0v) is 7.28. The Morgan fingerprint density at radius 2 is 1.92 bits per heavy atom. The average Bonchev–Trinajstić information content (AvgIpc) is 2.01. The number of halogens is 4. The molecule has 0 amide bonds. The van der Waals surface area contributed by atoms with Crippen LogP contribution >= 0.6 is 11.6 Å². The third-order valence-corrected chi connectivity index (χ3v) is 1.89. The molecule has 0 N–H and O–H groups in total. The van der Waals surface area contributed by atoms with Crippen LogP contribution < -0.4 is 0 Å².